The van der Waals surface area contributed by atoms with Crippen molar-refractivity contribution in [1.82, 2.24) is 0 Å². The molecule has 0 bridgehead atoms. The molecule has 4 N–H and O–H groups in total. The molecule has 4 heteroatoms. The number of hydrogen-bond donors (Lipinski definition) is 2. The van der Waals surface area contributed by atoms with Crippen LogP contribution in [0.5, 0.6) is 0 Å². The monoisotopic (exact) mass is 136 g/mol. The first-order valence-electron chi connectivity index (χ1n) is 2.98. The van der Waals surface area contributed by atoms with Crippen molar-refractivity contribution in [3.05, 3.63) is 0 Å². The molecular weight excluding hydrogens is 128 g/mol. The van der Waals surface area contributed by atoms with Gasteiger partial charge < -0.3 is 11.5 Å². The maximum atomic E-state index is 8.51. The van der Waals surface area contributed by atoms with Crippen LogP contribution in [0.1, 0.15) is 12.8 Å². The van der Waals surface area contributed by atoms with Gasteiger partial charge in [0.15, 0.2) is 0 Å². The Labute approximate surface area is 59.0 Å². The Morgan fingerprint density at radius 2 is 1.30 bits per heavy atom. The van der Waals surface area contributed by atoms with Gasteiger partial charge in [-0.3, -0.25) is 0 Å². The van der Waals surface area contributed by atoms with Crippen molar-refractivity contribution < 1.29 is 0 Å². The van der Waals surface area contributed by atoms with E-state index in [2.05, 4.69) is 0 Å². The molecule has 0 radical (unpaired) electrons. The van der Waals surface area contributed by atoms with Gasteiger partial charge in [0.05, 0.1) is 12.1 Å². The maximum absolute atomic E-state index is 8.51. The summed E-state index contributed by atoms with van der Waals surface area (Å²) in [6.07, 6.45) is 1.04. The second-order valence-electron chi connectivity index (χ2n) is 2.67. The first-order valence-corrected chi connectivity index (χ1v) is 2.98. The number of rotatable bonds is 0. The van der Waals surface area contributed by atoms with E-state index in [4.69, 9.17) is 22.0 Å². The molecule has 52 valence electrons. The zero-order valence-corrected chi connectivity index (χ0v) is 5.46. The Balaban J connectivity index is 2.90. The lowest BCUT2D eigenvalue weighted by Crippen LogP contribution is -2.72. The van der Waals surface area contributed by atoms with Gasteiger partial charge in [0.25, 0.3) is 0 Å². The van der Waals surface area contributed by atoms with Gasteiger partial charge in [-0.15, -0.1) is 0 Å². The molecule has 0 aromatic heterocycles. The highest BCUT2D eigenvalue weighted by Gasteiger charge is 2.55. The minimum atomic E-state index is -1.11. The summed E-state index contributed by atoms with van der Waals surface area (Å²) in [7, 11) is 0. The smallest absolute Gasteiger partial charge is 0.136 e. The van der Waals surface area contributed by atoms with Crippen molar-refractivity contribution in [2.45, 2.75) is 23.9 Å². The van der Waals surface area contributed by atoms with Crippen LogP contribution < -0.4 is 11.5 Å². The summed E-state index contributed by atoms with van der Waals surface area (Å²) < 4.78 is 0. The first-order chi connectivity index (χ1) is 4.58. The van der Waals surface area contributed by atoms with Crippen molar-refractivity contribution in [3.8, 4) is 12.1 Å². The molecule has 1 fully saturated rings. The van der Waals surface area contributed by atoms with Gasteiger partial charge in [0.2, 0.25) is 0 Å². The number of hydrogen-bond acceptors (Lipinski definition) is 4. The molecule has 1 aliphatic rings. The lowest BCUT2D eigenvalue weighted by atomic mass is 9.63. The lowest BCUT2D eigenvalue weighted by molar-refractivity contribution is 0.196. The molecule has 10 heavy (non-hydrogen) atoms. The average Bonchev–Trinajstić information content (AvgIpc) is 1.99. The quantitative estimate of drug-likeness (QED) is 0.456. The largest absolute Gasteiger partial charge is 0.311 e. The minimum Gasteiger partial charge on any atom is -0.311 e. The Morgan fingerprint density at radius 3 is 1.40 bits per heavy atom. The van der Waals surface area contributed by atoms with Gasteiger partial charge in [0.1, 0.15) is 11.1 Å². The molecule has 1 rings (SSSR count). The molecule has 0 aromatic rings. The summed E-state index contributed by atoms with van der Waals surface area (Å²) in [5, 5.41) is 17.0. The standard InChI is InChI=1S/C6H8N4/c7-3-5(9)1-2-6(5,10)4-8/h1-2,9-10H2. The van der Waals surface area contributed by atoms with Crippen LogP contribution in [0.25, 0.3) is 0 Å². The number of nitriles is 2. The van der Waals surface area contributed by atoms with Crippen LogP contribution >= 0.6 is 0 Å². The van der Waals surface area contributed by atoms with Gasteiger partial charge >= 0.3 is 0 Å². The molecule has 1 saturated carbocycles. The molecule has 2 unspecified atom stereocenters. The maximum Gasteiger partial charge on any atom is 0.136 e. The van der Waals surface area contributed by atoms with Crippen molar-refractivity contribution in [3.63, 3.8) is 0 Å². The van der Waals surface area contributed by atoms with E-state index in [0.717, 1.165) is 0 Å². The topological polar surface area (TPSA) is 99.6 Å². The van der Waals surface area contributed by atoms with Crippen LogP contribution in [0.15, 0.2) is 0 Å². The van der Waals surface area contributed by atoms with Crippen LogP contribution in [0.3, 0.4) is 0 Å². The van der Waals surface area contributed by atoms with Crippen LogP contribution in [-0.4, -0.2) is 11.1 Å². The summed E-state index contributed by atoms with van der Waals surface area (Å²) in [5.74, 6) is 0. The first kappa shape index (κ1) is 7.01. The lowest BCUT2D eigenvalue weighted by Gasteiger charge is -2.45. The van der Waals surface area contributed by atoms with E-state index in [0.29, 0.717) is 12.8 Å². The third-order valence-corrected chi connectivity index (χ3v) is 2.11. The highest BCUT2D eigenvalue weighted by molar-refractivity contribution is 5.34. The Morgan fingerprint density at radius 1 is 1.00 bits per heavy atom. The summed E-state index contributed by atoms with van der Waals surface area (Å²) in [5.41, 5.74) is 8.75. The summed E-state index contributed by atoms with van der Waals surface area (Å²) in [4.78, 5) is 0. The van der Waals surface area contributed by atoms with Gasteiger partial charge in [-0.2, -0.15) is 10.5 Å². The summed E-state index contributed by atoms with van der Waals surface area (Å²) >= 11 is 0. The molecule has 0 amide bonds. The molecule has 0 spiro atoms. The predicted octanol–water partition coefficient (Wildman–Crippen LogP) is -0.778. The SMILES string of the molecule is N#CC1(N)CCC1(N)C#N. The fourth-order valence-corrected chi connectivity index (χ4v) is 0.975. The zero-order valence-electron chi connectivity index (χ0n) is 5.46. The van der Waals surface area contributed by atoms with Crippen LogP contribution in [-0.2, 0) is 0 Å². The van der Waals surface area contributed by atoms with Crippen molar-refractivity contribution in [2.75, 3.05) is 0 Å². The van der Waals surface area contributed by atoms with E-state index in [9.17, 15) is 0 Å². The molecule has 0 heterocycles. The third kappa shape index (κ3) is 0.550. The van der Waals surface area contributed by atoms with E-state index in [1.165, 1.54) is 0 Å². The number of nitrogens with zero attached hydrogens (tertiary/aromatic N) is 2. The molecule has 2 atom stereocenters. The van der Waals surface area contributed by atoms with Crippen LogP contribution in [0.2, 0.25) is 0 Å². The Bertz CT molecular complexity index is 209. The van der Waals surface area contributed by atoms with E-state index >= 15 is 0 Å². The van der Waals surface area contributed by atoms with E-state index in [1.54, 1.807) is 0 Å². The van der Waals surface area contributed by atoms with E-state index < -0.39 is 11.1 Å². The molecule has 4 nitrogen and oxygen atoms in total. The van der Waals surface area contributed by atoms with Gasteiger partial charge in [-0.25, -0.2) is 0 Å². The van der Waals surface area contributed by atoms with Crippen LogP contribution in [0.4, 0.5) is 0 Å². The second-order valence-corrected chi connectivity index (χ2v) is 2.67. The Kier molecular flexibility index (Phi) is 1.19. The molecular formula is C6H8N4. The van der Waals surface area contributed by atoms with E-state index in [1.807, 2.05) is 12.1 Å². The highest BCUT2D eigenvalue weighted by atomic mass is 15.0. The fraction of sp³-hybridized carbons (Fsp3) is 0.667. The zero-order chi connectivity index (χ0) is 7.83. The minimum absolute atomic E-state index is 0.521. The third-order valence-electron chi connectivity index (χ3n) is 2.11. The molecule has 0 saturated heterocycles. The summed E-state index contributed by atoms with van der Waals surface area (Å²) in [6, 6.07) is 3.70. The average molecular weight is 136 g/mol. The molecule has 0 aromatic carbocycles. The molecule has 1 aliphatic carbocycles. The predicted molar refractivity (Wildman–Crippen MR) is 34.3 cm³/mol. The van der Waals surface area contributed by atoms with Gasteiger partial charge in [0, 0.05) is 0 Å². The van der Waals surface area contributed by atoms with E-state index in [-0.39, 0.29) is 0 Å². The second kappa shape index (κ2) is 1.69. The van der Waals surface area contributed by atoms with Gasteiger partial charge in [-0.1, -0.05) is 0 Å². The van der Waals surface area contributed by atoms with Crippen molar-refractivity contribution in [2.24, 2.45) is 11.5 Å². The normalized spacial score (nSPS) is 44.8. The van der Waals surface area contributed by atoms with Crippen LogP contribution in [0, 0.1) is 22.7 Å². The van der Waals surface area contributed by atoms with Crippen molar-refractivity contribution >= 4 is 0 Å². The Hall–Kier alpha value is -1.10. The fourth-order valence-electron chi connectivity index (χ4n) is 0.975. The summed E-state index contributed by atoms with van der Waals surface area (Å²) in [6.45, 7) is 0. The molecule has 0 aliphatic heterocycles. The highest BCUT2D eigenvalue weighted by Crippen LogP contribution is 2.37. The van der Waals surface area contributed by atoms with Gasteiger partial charge in [-0.05, 0) is 12.8 Å². The van der Waals surface area contributed by atoms with Crippen molar-refractivity contribution in [1.29, 1.82) is 10.5 Å². The number of nitrogens with two attached hydrogens (primary N) is 2.